The zero-order valence-electron chi connectivity index (χ0n) is 16.8. The molecule has 1 amide bonds. The number of ether oxygens (including phenoxy) is 1. The lowest BCUT2D eigenvalue weighted by Gasteiger charge is -2.28. The van der Waals surface area contributed by atoms with Gasteiger partial charge in [0.1, 0.15) is 5.75 Å². The Balaban J connectivity index is 2.09. The zero-order chi connectivity index (χ0) is 20.0. The fourth-order valence-electron chi connectivity index (χ4n) is 3.60. The van der Waals surface area contributed by atoms with Crippen molar-refractivity contribution < 1.29 is 17.9 Å². The molecule has 27 heavy (non-hydrogen) atoms. The first-order valence-corrected chi connectivity index (χ1v) is 11.1. The lowest BCUT2D eigenvalue weighted by Crippen LogP contribution is -2.27. The summed E-state index contributed by atoms with van der Waals surface area (Å²) < 4.78 is 31.2. The lowest BCUT2D eigenvalue weighted by atomic mass is 9.79. The molecule has 0 heterocycles. The Morgan fingerprint density at radius 1 is 1.22 bits per heavy atom. The van der Waals surface area contributed by atoms with Crippen molar-refractivity contribution in [3.05, 3.63) is 18.2 Å². The van der Waals surface area contributed by atoms with Crippen molar-refractivity contribution in [2.24, 2.45) is 11.8 Å². The molecule has 6 nitrogen and oxygen atoms in total. The average molecular weight is 397 g/mol. The Kier molecular flexibility index (Phi) is 7.68. The van der Waals surface area contributed by atoms with Gasteiger partial charge in [-0.15, -0.1) is 0 Å². The van der Waals surface area contributed by atoms with Crippen molar-refractivity contribution in [3.8, 4) is 5.75 Å². The van der Waals surface area contributed by atoms with Gasteiger partial charge in [0, 0.05) is 20.0 Å². The van der Waals surface area contributed by atoms with Crippen LogP contribution in [0.4, 0.5) is 5.69 Å². The van der Waals surface area contributed by atoms with Crippen LogP contribution in [0.15, 0.2) is 23.1 Å². The summed E-state index contributed by atoms with van der Waals surface area (Å²) in [6, 6.07) is 4.54. The normalized spacial score (nSPS) is 20.5. The van der Waals surface area contributed by atoms with E-state index in [4.69, 9.17) is 4.74 Å². The molecule has 0 aromatic heterocycles. The Hall–Kier alpha value is -1.60. The van der Waals surface area contributed by atoms with Gasteiger partial charge in [-0.3, -0.25) is 4.79 Å². The minimum atomic E-state index is -3.57. The van der Waals surface area contributed by atoms with E-state index in [0.29, 0.717) is 11.4 Å². The van der Waals surface area contributed by atoms with Crippen molar-refractivity contribution in [2.75, 3.05) is 26.5 Å². The molecule has 1 aliphatic rings. The molecule has 2 rings (SSSR count). The molecule has 152 valence electrons. The topological polar surface area (TPSA) is 75.7 Å². The standard InChI is InChI=1S/C20H32N2O4S/c1-5-6-7-15-8-10-16(11-9-15)20(23)21-18-14-17(12-13-19(18)26-4)27(24,25)22(2)3/h12-16H,5-11H2,1-4H3,(H,21,23). The van der Waals surface area contributed by atoms with Crippen LogP contribution in [0.1, 0.15) is 51.9 Å². The minimum absolute atomic E-state index is 0.0262. The number of carbonyl (C=O) groups excluding carboxylic acids is 1. The number of hydrogen-bond donors (Lipinski definition) is 1. The zero-order valence-corrected chi connectivity index (χ0v) is 17.6. The number of hydrogen-bond acceptors (Lipinski definition) is 4. The molecule has 1 saturated carbocycles. The molecule has 0 radical (unpaired) electrons. The van der Waals surface area contributed by atoms with Gasteiger partial charge in [-0.05, 0) is 49.8 Å². The fraction of sp³-hybridized carbons (Fsp3) is 0.650. The first-order chi connectivity index (χ1) is 12.8. The maximum atomic E-state index is 12.7. The Bertz CT molecular complexity index is 738. The predicted octanol–water partition coefficient (Wildman–Crippen LogP) is 3.88. The van der Waals surface area contributed by atoms with E-state index in [1.165, 1.54) is 52.6 Å². The van der Waals surface area contributed by atoms with E-state index in [-0.39, 0.29) is 16.7 Å². The summed E-state index contributed by atoms with van der Waals surface area (Å²) in [6.45, 7) is 2.21. The monoisotopic (exact) mass is 396 g/mol. The van der Waals surface area contributed by atoms with Gasteiger partial charge >= 0.3 is 0 Å². The van der Waals surface area contributed by atoms with Gasteiger partial charge in [-0.2, -0.15) is 0 Å². The SMILES string of the molecule is CCCCC1CCC(C(=O)Nc2cc(S(=O)(=O)N(C)C)ccc2OC)CC1. The number of carbonyl (C=O) groups is 1. The third-order valence-corrected chi connectivity index (χ3v) is 7.20. The van der Waals surface area contributed by atoms with Crippen LogP contribution >= 0.6 is 0 Å². The number of sulfonamides is 1. The van der Waals surface area contributed by atoms with E-state index in [1.54, 1.807) is 6.07 Å². The summed E-state index contributed by atoms with van der Waals surface area (Å²) in [5.74, 6) is 1.11. The smallest absolute Gasteiger partial charge is 0.242 e. The highest BCUT2D eigenvalue weighted by molar-refractivity contribution is 7.89. The Morgan fingerprint density at radius 2 is 1.89 bits per heavy atom. The van der Waals surface area contributed by atoms with Crippen LogP contribution in [0.5, 0.6) is 5.75 Å². The number of nitrogens with zero attached hydrogens (tertiary/aromatic N) is 1. The number of anilines is 1. The molecule has 1 aliphatic carbocycles. The van der Waals surface area contributed by atoms with Crippen molar-refractivity contribution >= 4 is 21.6 Å². The van der Waals surface area contributed by atoms with Crippen LogP contribution in [0.3, 0.4) is 0 Å². The van der Waals surface area contributed by atoms with Crippen LogP contribution in [-0.4, -0.2) is 39.8 Å². The second kappa shape index (κ2) is 9.55. The Morgan fingerprint density at radius 3 is 2.44 bits per heavy atom. The molecule has 1 fully saturated rings. The van der Waals surface area contributed by atoms with Gasteiger partial charge in [0.15, 0.2) is 0 Å². The highest BCUT2D eigenvalue weighted by atomic mass is 32.2. The molecular weight excluding hydrogens is 364 g/mol. The molecule has 1 N–H and O–H groups in total. The molecule has 1 aromatic carbocycles. The molecule has 0 spiro atoms. The van der Waals surface area contributed by atoms with Gasteiger partial charge < -0.3 is 10.1 Å². The summed E-state index contributed by atoms with van der Waals surface area (Å²) >= 11 is 0. The molecular formula is C20H32N2O4S. The van der Waals surface area contributed by atoms with Crippen molar-refractivity contribution in [1.29, 1.82) is 0 Å². The predicted molar refractivity (Wildman–Crippen MR) is 107 cm³/mol. The summed E-state index contributed by atoms with van der Waals surface area (Å²) in [5, 5.41) is 2.89. The average Bonchev–Trinajstić information content (AvgIpc) is 2.66. The summed E-state index contributed by atoms with van der Waals surface area (Å²) in [6.07, 6.45) is 7.67. The first kappa shape index (κ1) is 21.7. The third kappa shape index (κ3) is 5.45. The summed E-state index contributed by atoms with van der Waals surface area (Å²) in [4.78, 5) is 12.9. The van der Waals surface area contributed by atoms with E-state index >= 15 is 0 Å². The van der Waals surface area contributed by atoms with Gasteiger partial charge in [-0.1, -0.05) is 26.2 Å². The van der Waals surface area contributed by atoms with Gasteiger partial charge in [0.2, 0.25) is 15.9 Å². The molecule has 0 saturated heterocycles. The second-order valence-electron chi connectivity index (χ2n) is 7.50. The van der Waals surface area contributed by atoms with Gasteiger partial charge in [0.25, 0.3) is 0 Å². The maximum absolute atomic E-state index is 12.7. The summed E-state index contributed by atoms with van der Waals surface area (Å²) in [7, 11) is 0.891. The van der Waals surface area contributed by atoms with Crippen molar-refractivity contribution in [2.45, 2.75) is 56.8 Å². The number of benzene rings is 1. The Labute approximate surface area is 163 Å². The lowest BCUT2D eigenvalue weighted by molar-refractivity contribution is -0.121. The van der Waals surface area contributed by atoms with Crippen LogP contribution < -0.4 is 10.1 Å². The molecule has 0 atom stereocenters. The number of amides is 1. The van der Waals surface area contributed by atoms with E-state index in [0.717, 1.165) is 35.9 Å². The van der Waals surface area contributed by atoms with E-state index in [9.17, 15) is 13.2 Å². The molecule has 0 bridgehead atoms. The number of unbranched alkanes of at least 4 members (excludes halogenated alkanes) is 1. The first-order valence-electron chi connectivity index (χ1n) is 9.71. The third-order valence-electron chi connectivity index (χ3n) is 5.39. The van der Waals surface area contributed by atoms with Crippen LogP contribution in [0.2, 0.25) is 0 Å². The van der Waals surface area contributed by atoms with Crippen molar-refractivity contribution in [1.82, 2.24) is 4.31 Å². The van der Waals surface area contributed by atoms with E-state index in [1.807, 2.05) is 0 Å². The molecule has 0 unspecified atom stereocenters. The van der Waals surface area contributed by atoms with Gasteiger partial charge in [0.05, 0.1) is 17.7 Å². The highest BCUT2D eigenvalue weighted by Crippen LogP contribution is 2.34. The van der Waals surface area contributed by atoms with Crippen molar-refractivity contribution in [3.63, 3.8) is 0 Å². The second-order valence-corrected chi connectivity index (χ2v) is 9.65. The summed E-state index contributed by atoms with van der Waals surface area (Å²) in [5.41, 5.74) is 0.401. The van der Waals surface area contributed by atoms with Crippen LogP contribution in [0.25, 0.3) is 0 Å². The quantitative estimate of drug-likeness (QED) is 0.723. The highest BCUT2D eigenvalue weighted by Gasteiger charge is 2.27. The van der Waals surface area contributed by atoms with Gasteiger partial charge in [-0.25, -0.2) is 12.7 Å². The largest absolute Gasteiger partial charge is 0.495 e. The fourth-order valence-corrected chi connectivity index (χ4v) is 4.53. The maximum Gasteiger partial charge on any atom is 0.242 e. The number of rotatable bonds is 8. The minimum Gasteiger partial charge on any atom is -0.495 e. The number of methoxy groups -OCH3 is 1. The molecule has 7 heteroatoms. The molecule has 0 aliphatic heterocycles. The van der Waals surface area contributed by atoms with Crippen LogP contribution in [-0.2, 0) is 14.8 Å². The van der Waals surface area contributed by atoms with E-state index < -0.39 is 10.0 Å². The van der Waals surface area contributed by atoms with Crippen LogP contribution in [0, 0.1) is 11.8 Å². The molecule has 1 aromatic rings. The number of nitrogens with one attached hydrogen (secondary N) is 1. The van der Waals surface area contributed by atoms with E-state index in [2.05, 4.69) is 12.2 Å².